The Morgan fingerprint density at radius 3 is 2.75 bits per heavy atom. The van der Waals surface area contributed by atoms with Gasteiger partial charge in [-0.2, -0.15) is 4.98 Å². The van der Waals surface area contributed by atoms with Gasteiger partial charge < -0.3 is 9.47 Å². The third kappa shape index (κ3) is 0.849. The van der Waals surface area contributed by atoms with E-state index in [9.17, 15) is 9.59 Å². The van der Waals surface area contributed by atoms with Gasteiger partial charge in [0.2, 0.25) is 5.88 Å². The quantitative estimate of drug-likeness (QED) is 0.376. The lowest BCUT2D eigenvalue weighted by molar-refractivity contribution is -0.156. The molecule has 0 unspecified atom stereocenters. The minimum absolute atomic E-state index is 0.0563. The average molecular weight is 168 g/mol. The highest BCUT2D eigenvalue weighted by molar-refractivity contribution is 6.31. The third-order valence-electron chi connectivity index (χ3n) is 1.36. The Balaban J connectivity index is 2.49. The van der Waals surface area contributed by atoms with E-state index in [-0.39, 0.29) is 11.9 Å². The van der Waals surface area contributed by atoms with Crippen LogP contribution in [0.1, 0.15) is 0 Å². The number of aryl methyl sites for hydroxylation is 1. The zero-order valence-electron chi connectivity index (χ0n) is 6.10. The molecule has 0 amide bonds. The van der Waals surface area contributed by atoms with Gasteiger partial charge in [-0.1, -0.05) is 0 Å². The van der Waals surface area contributed by atoms with Crippen molar-refractivity contribution >= 4 is 11.9 Å². The molecule has 0 fully saturated rings. The number of nitrogens with zero attached hydrogens (tertiary/aromatic N) is 2. The van der Waals surface area contributed by atoms with Crippen LogP contribution in [0.2, 0.25) is 0 Å². The van der Waals surface area contributed by atoms with Crippen molar-refractivity contribution < 1.29 is 19.1 Å². The summed E-state index contributed by atoms with van der Waals surface area (Å²) in [6.45, 7) is 0. The summed E-state index contributed by atoms with van der Waals surface area (Å²) in [5.74, 6) is -2.03. The smallest absolute Gasteiger partial charge is 0.397 e. The van der Waals surface area contributed by atoms with E-state index >= 15 is 0 Å². The lowest BCUT2D eigenvalue weighted by Gasteiger charge is -2.00. The van der Waals surface area contributed by atoms with Crippen LogP contribution in [0.5, 0.6) is 11.9 Å². The van der Waals surface area contributed by atoms with Crippen molar-refractivity contribution in [3.05, 3.63) is 6.20 Å². The predicted octanol–water partition coefficient (Wildman–Crippen LogP) is -0.756. The Kier molecular flexibility index (Phi) is 1.18. The normalized spacial score (nSPS) is 15.1. The second kappa shape index (κ2) is 2.07. The Bertz CT molecular complexity index is 368. The molecule has 2 heterocycles. The number of fused-ring (bicyclic) bond motifs is 2. The van der Waals surface area contributed by atoms with E-state index in [1.165, 1.54) is 10.8 Å². The fourth-order valence-corrected chi connectivity index (χ4v) is 0.828. The number of hydrogen-bond donors (Lipinski definition) is 0. The van der Waals surface area contributed by atoms with Crippen LogP contribution in [0.15, 0.2) is 6.20 Å². The first-order chi connectivity index (χ1) is 5.66. The molecule has 0 saturated heterocycles. The van der Waals surface area contributed by atoms with Gasteiger partial charge in [-0.05, 0) is 0 Å². The molecular weight excluding hydrogens is 164 g/mol. The van der Waals surface area contributed by atoms with Crippen molar-refractivity contribution in [1.82, 2.24) is 9.55 Å². The van der Waals surface area contributed by atoms with Crippen molar-refractivity contribution in [2.24, 2.45) is 7.05 Å². The zero-order valence-corrected chi connectivity index (χ0v) is 6.10. The number of aromatic nitrogens is 2. The number of imidazole rings is 1. The summed E-state index contributed by atoms with van der Waals surface area (Å²) in [6.07, 6.45) is 1.44. The molecule has 62 valence electrons. The van der Waals surface area contributed by atoms with E-state index in [2.05, 4.69) is 14.5 Å². The van der Waals surface area contributed by atoms with Crippen molar-refractivity contribution in [3.63, 3.8) is 0 Å². The Morgan fingerprint density at radius 1 is 1.33 bits per heavy atom. The molecule has 0 aliphatic carbocycles. The summed E-state index contributed by atoms with van der Waals surface area (Å²) < 4.78 is 10.5. The van der Waals surface area contributed by atoms with Crippen LogP contribution in [0, 0.1) is 0 Å². The minimum atomic E-state index is -1.05. The fourth-order valence-electron chi connectivity index (χ4n) is 0.828. The maximum atomic E-state index is 10.7. The van der Waals surface area contributed by atoms with Gasteiger partial charge in [0.1, 0.15) is 0 Å². The van der Waals surface area contributed by atoms with Crippen LogP contribution in [-0.2, 0) is 16.6 Å². The molecular formula is C6H4N2O4. The van der Waals surface area contributed by atoms with Crippen LogP contribution >= 0.6 is 0 Å². The molecule has 1 aromatic heterocycles. The molecule has 0 N–H and O–H groups in total. The molecule has 1 aromatic rings. The van der Waals surface area contributed by atoms with Crippen molar-refractivity contribution in [3.8, 4) is 11.9 Å². The summed E-state index contributed by atoms with van der Waals surface area (Å²) in [5, 5.41) is 0. The van der Waals surface area contributed by atoms with Crippen LogP contribution in [0.3, 0.4) is 0 Å². The Labute approximate surface area is 66.7 Å². The number of rotatable bonds is 0. The molecule has 1 aliphatic heterocycles. The third-order valence-corrected chi connectivity index (χ3v) is 1.36. The maximum Gasteiger partial charge on any atom is 0.425 e. The highest BCUT2D eigenvalue weighted by Crippen LogP contribution is 2.18. The fraction of sp³-hybridized carbons (Fsp3) is 0.167. The lowest BCUT2D eigenvalue weighted by atomic mass is 10.7. The first-order valence-electron chi connectivity index (χ1n) is 3.14. The number of carbonyl (C=O) groups is 2. The second-order valence-electron chi connectivity index (χ2n) is 2.25. The SMILES string of the molecule is Cn1cc2nc1OC(=O)C(=O)O2. The van der Waals surface area contributed by atoms with Gasteiger partial charge >= 0.3 is 17.9 Å². The number of hydrogen-bond acceptors (Lipinski definition) is 5. The molecule has 2 bridgehead atoms. The van der Waals surface area contributed by atoms with Crippen LogP contribution < -0.4 is 9.47 Å². The second-order valence-corrected chi connectivity index (χ2v) is 2.25. The molecule has 2 rings (SSSR count). The van der Waals surface area contributed by atoms with Gasteiger partial charge in [-0.3, -0.25) is 4.57 Å². The maximum absolute atomic E-state index is 10.7. The highest BCUT2D eigenvalue weighted by Gasteiger charge is 2.27. The highest BCUT2D eigenvalue weighted by atomic mass is 16.6. The zero-order chi connectivity index (χ0) is 8.72. The first kappa shape index (κ1) is 6.84. The molecule has 12 heavy (non-hydrogen) atoms. The molecule has 0 saturated carbocycles. The van der Waals surface area contributed by atoms with E-state index < -0.39 is 11.9 Å². The molecule has 0 radical (unpaired) electrons. The van der Waals surface area contributed by atoms with Crippen LogP contribution in [-0.4, -0.2) is 21.5 Å². The Hall–Kier alpha value is -1.85. The van der Waals surface area contributed by atoms with E-state index in [0.717, 1.165) is 0 Å². The van der Waals surface area contributed by atoms with Gasteiger partial charge in [-0.15, -0.1) is 0 Å². The standard InChI is InChI=1S/C6H4N2O4/c1-8-2-3-7-6(8)12-5(10)4(9)11-3/h2H,1H3. The summed E-state index contributed by atoms with van der Waals surface area (Å²) in [7, 11) is 1.62. The molecule has 0 aromatic carbocycles. The average Bonchev–Trinajstić information content (AvgIpc) is 2.24. The molecule has 0 atom stereocenters. The van der Waals surface area contributed by atoms with Crippen molar-refractivity contribution in [2.75, 3.05) is 0 Å². The van der Waals surface area contributed by atoms with Crippen LogP contribution in [0.4, 0.5) is 0 Å². The summed E-state index contributed by atoms with van der Waals surface area (Å²) in [4.78, 5) is 25.1. The van der Waals surface area contributed by atoms with Crippen molar-refractivity contribution in [2.45, 2.75) is 0 Å². The van der Waals surface area contributed by atoms with Crippen molar-refractivity contribution in [1.29, 1.82) is 0 Å². The van der Waals surface area contributed by atoms with Gasteiger partial charge in [0.25, 0.3) is 0 Å². The summed E-state index contributed by atoms with van der Waals surface area (Å²) in [5.41, 5.74) is 0. The van der Waals surface area contributed by atoms with Gasteiger partial charge in [-0.25, -0.2) is 9.59 Å². The predicted molar refractivity (Wildman–Crippen MR) is 34.5 cm³/mol. The minimum Gasteiger partial charge on any atom is -0.397 e. The number of carbonyl (C=O) groups excluding carboxylic acids is 2. The first-order valence-corrected chi connectivity index (χ1v) is 3.14. The van der Waals surface area contributed by atoms with Gasteiger partial charge in [0, 0.05) is 7.05 Å². The van der Waals surface area contributed by atoms with E-state index in [4.69, 9.17) is 0 Å². The van der Waals surface area contributed by atoms with Gasteiger partial charge in [0.05, 0.1) is 6.20 Å². The summed E-state index contributed by atoms with van der Waals surface area (Å²) >= 11 is 0. The number of esters is 2. The van der Waals surface area contributed by atoms with Gasteiger partial charge in [0.15, 0.2) is 0 Å². The monoisotopic (exact) mass is 168 g/mol. The van der Waals surface area contributed by atoms with E-state index in [1.807, 2.05) is 0 Å². The van der Waals surface area contributed by atoms with Crippen LogP contribution in [0.25, 0.3) is 0 Å². The lowest BCUT2D eigenvalue weighted by Crippen LogP contribution is -2.25. The van der Waals surface area contributed by atoms with E-state index in [1.54, 1.807) is 7.05 Å². The molecule has 1 aliphatic rings. The Morgan fingerprint density at radius 2 is 2.00 bits per heavy atom. The molecule has 0 spiro atoms. The summed E-state index contributed by atoms with van der Waals surface area (Å²) in [6, 6.07) is 0.0563. The van der Waals surface area contributed by atoms with E-state index in [0.29, 0.717) is 0 Å². The topological polar surface area (TPSA) is 70.4 Å². The largest absolute Gasteiger partial charge is 0.425 e. The molecule has 6 nitrogen and oxygen atoms in total. The molecule has 6 heteroatoms. The number of ether oxygens (including phenoxy) is 2.